The van der Waals surface area contributed by atoms with Crippen LogP contribution in [0.25, 0.3) is 11.4 Å². The predicted molar refractivity (Wildman–Crippen MR) is 133 cm³/mol. The van der Waals surface area contributed by atoms with Crippen LogP contribution < -0.4 is 14.8 Å². The van der Waals surface area contributed by atoms with Crippen molar-refractivity contribution in [2.24, 2.45) is 0 Å². The second kappa shape index (κ2) is 11.3. The van der Waals surface area contributed by atoms with Crippen molar-refractivity contribution in [2.75, 3.05) is 7.11 Å². The van der Waals surface area contributed by atoms with E-state index in [0.29, 0.717) is 30.3 Å². The summed E-state index contributed by atoms with van der Waals surface area (Å²) >= 11 is 5.37. The van der Waals surface area contributed by atoms with Gasteiger partial charge in [0.25, 0.3) is 0 Å². The number of aromatic nitrogens is 3. The van der Waals surface area contributed by atoms with Crippen LogP contribution in [-0.2, 0) is 24.5 Å². The van der Waals surface area contributed by atoms with Crippen molar-refractivity contribution in [3.05, 3.63) is 94.8 Å². The molecular formula is C26H26N4O3S. The smallest absolute Gasteiger partial charge is 0.222 e. The zero-order chi connectivity index (χ0) is 23.8. The van der Waals surface area contributed by atoms with E-state index in [2.05, 4.69) is 15.5 Å². The summed E-state index contributed by atoms with van der Waals surface area (Å²) in [5, 5.41) is 10.1. The van der Waals surface area contributed by atoms with Gasteiger partial charge < -0.3 is 14.8 Å². The minimum absolute atomic E-state index is 0.0818. The van der Waals surface area contributed by atoms with E-state index in [1.165, 1.54) is 0 Å². The van der Waals surface area contributed by atoms with Gasteiger partial charge in [-0.25, -0.2) is 0 Å². The number of hydrogen-bond donors (Lipinski definition) is 2. The molecule has 0 radical (unpaired) electrons. The number of carbonyl (C=O) groups is 1. The van der Waals surface area contributed by atoms with E-state index in [1.807, 2.05) is 83.4 Å². The van der Waals surface area contributed by atoms with Crippen LogP contribution in [0.1, 0.15) is 17.5 Å². The van der Waals surface area contributed by atoms with Crippen molar-refractivity contribution in [2.45, 2.75) is 26.1 Å². The van der Waals surface area contributed by atoms with Crippen LogP contribution in [-0.4, -0.2) is 27.8 Å². The van der Waals surface area contributed by atoms with Gasteiger partial charge in [0.1, 0.15) is 18.1 Å². The number of para-hydroxylation sites is 1. The van der Waals surface area contributed by atoms with Crippen LogP contribution in [0.15, 0.2) is 78.9 Å². The van der Waals surface area contributed by atoms with Crippen molar-refractivity contribution in [3.8, 4) is 22.9 Å². The fourth-order valence-corrected chi connectivity index (χ4v) is 3.73. The molecule has 1 heterocycles. The molecule has 0 aliphatic rings. The van der Waals surface area contributed by atoms with Crippen molar-refractivity contribution < 1.29 is 14.3 Å². The molecule has 0 saturated heterocycles. The Morgan fingerprint density at radius 3 is 2.53 bits per heavy atom. The van der Waals surface area contributed by atoms with Gasteiger partial charge in [-0.2, -0.15) is 5.10 Å². The summed E-state index contributed by atoms with van der Waals surface area (Å²) in [6.07, 6.45) is 0.268. The SMILES string of the molecule is COc1ccc(-c2n[nH]c(=S)n2CCC(=O)NCc2ccccc2OCc2ccccc2)cc1. The summed E-state index contributed by atoms with van der Waals surface area (Å²) in [6, 6.07) is 25.2. The summed E-state index contributed by atoms with van der Waals surface area (Å²) in [4.78, 5) is 12.6. The third-order valence-electron chi connectivity index (χ3n) is 5.35. The topological polar surface area (TPSA) is 81.2 Å². The number of benzene rings is 3. The molecule has 1 amide bonds. The largest absolute Gasteiger partial charge is 0.497 e. The zero-order valence-electron chi connectivity index (χ0n) is 18.9. The van der Waals surface area contributed by atoms with Crippen molar-refractivity contribution in [1.82, 2.24) is 20.1 Å². The molecule has 0 fully saturated rings. The lowest BCUT2D eigenvalue weighted by Gasteiger charge is -2.13. The lowest BCUT2D eigenvalue weighted by atomic mass is 10.2. The third kappa shape index (κ3) is 5.90. The van der Waals surface area contributed by atoms with Crippen LogP contribution in [0, 0.1) is 4.77 Å². The van der Waals surface area contributed by atoms with Gasteiger partial charge in [-0.1, -0.05) is 48.5 Å². The van der Waals surface area contributed by atoms with Gasteiger partial charge in [-0.15, -0.1) is 0 Å². The van der Waals surface area contributed by atoms with Crippen LogP contribution in [0.3, 0.4) is 0 Å². The molecule has 2 N–H and O–H groups in total. The maximum Gasteiger partial charge on any atom is 0.222 e. The zero-order valence-corrected chi connectivity index (χ0v) is 19.7. The van der Waals surface area contributed by atoms with Gasteiger partial charge in [-0.3, -0.25) is 14.5 Å². The van der Waals surface area contributed by atoms with E-state index < -0.39 is 0 Å². The fourth-order valence-electron chi connectivity index (χ4n) is 3.51. The third-order valence-corrected chi connectivity index (χ3v) is 5.67. The number of hydrogen-bond acceptors (Lipinski definition) is 5. The second-order valence-electron chi connectivity index (χ2n) is 7.64. The highest BCUT2D eigenvalue weighted by Crippen LogP contribution is 2.22. The molecule has 0 bridgehead atoms. The van der Waals surface area contributed by atoms with Gasteiger partial charge in [0.15, 0.2) is 10.6 Å². The van der Waals surface area contributed by atoms with Gasteiger partial charge in [0.05, 0.1) is 7.11 Å². The number of amides is 1. The number of aromatic amines is 1. The maximum absolute atomic E-state index is 12.6. The summed E-state index contributed by atoms with van der Waals surface area (Å²) in [5.74, 6) is 2.11. The summed E-state index contributed by atoms with van der Waals surface area (Å²) in [7, 11) is 1.62. The number of carbonyl (C=O) groups excluding carboxylic acids is 1. The Labute approximate surface area is 203 Å². The monoisotopic (exact) mass is 474 g/mol. The van der Waals surface area contributed by atoms with E-state index >= 15 is 0 Å². The lowest BCUT2D eigenvalue weighted by Crippen LogP contribution is -2.24. The Hall–Kier alpha value is -3.91. The first kappa shape index (κ1) is 23.3. The average molecular weight is 475 g/mol. The van der Waals surface area contributed by atoms with E-state index in [4.69, 9.17) is 21.7 Å². The number of nitrogens with one attached hydrogen (secondary N) is 2. The molecule has 3 aromatic carbocycles. The summed E-state index contributed by atoms with van der Waals surface area (Å²) in [5.41, 5.74) is 2.90. The normalized spacial score (nSPS) is 10.6. The highest BCUT2D eigenvalue weighted by molar-refractivity contribution is 7.71. The predicted octanol–water partition coefficient (Wildman–Crippen LogP) is 4.90. The molecule has 4 aromatic rings. The second-order valence-corrected chi connectivity index (χ2v) is 8.03. The van der Waals surface area contributed by atoms with E-state index in [9.17, 15) is 4.79 Å². The molecule has 8 heteroatoms. The quantitative estimate of drug-likeness (QED) is 0.320. The summed E-state index contributed by atoms with van der Waals surface area (Å²) in [6.45, 7) is 1.26. The minimum atomic E-state index is -0.0818. The van der Waals surface area contributed by atoms with E-state index in [-0.39, 0.29) is 12.3 Å². The molecule has 0 atom stereocenters. The first-order chi connectivity index (χ1) is 16.6. The Kier molecular flexibility index (Phi) is 7.72. The van der Waals surface area contributed by atoms with Gasteiger partial charge in [-0.05, 0) is 48.1 Å². The minimum Gasteiger partial charge on any atom is -0.497 e. The first-order valence-electron chi connectivity index (χ1n) is 10.9. The Bertz CT molecular complexity index is 1280. The Morgan fingerprint density at radius 2 is 1.76 bits per heavy atom. The number of ether oxygens (including phenoxy) is 2. The van der Waals surface area contributed by atoms with Crippen LogP contribution >= 0.6 is 12.2 Å². The number of H-pyrrole nitrogens is 1. The van der Waals surface area contributed by atoms with Crippen LogP contribution in [0.2, 0.25) is 0 Å². The lowest BCUT2D eigenvalue weighted by molar-refractivity contribution is -0.121. The first-order valence-corrected chi connectivity index (χ1v) is 11.4. The van der Waals surface area contributed by atoms with E-state index in [0.717, 1.165) is 28.2 Å². The van der Waals surface area contributed by atoms with Crippen LogP contribution in [0.4, 0.5) is 0 Å². The Balaban J connectivity index is 1.34. The molecule has 34 heavy (non-hydrogen) atoms. The van der Waals surface area contributed by atoms with Gasteiger partial charge in [0, 0.05) is 30.6 Å². The maximum atomic E-state index is 12.6. The number of methoxy groups -OCH3 is 1. The molecule has 7 nitrogen and oxygen atoms in total. The number of nitrogens with zero attached hydrogens (tertiary/aromatic N) is 2. The molecule has 0 saturated carbocycles. The van der Waals surface area contributed by atoms with Crippen molar-refractivity contribution in [3.63, 3.8) is 0 Å². The van der Waals surface area contributed by atoms with Crippen LogP contribution in [0.5, 0.6) is 11.5 Å². The van der Waals surface area contributed by atoms with Gasteiger partial charge in [0.2, 0.25) is 5.91 Å². The molecule has 4 rings (SSSR count). The molecule has 0 unspecified atom stereocenters. The highest BCUT2D eigenvalue weighted by atomic mass is 32.1. The summed E-state index contributed by atoms with van der Waals surface area (Å²) < 4.78 is 13.5. The highest BCUT2D eigenvalue weighted by Gasteiger charge is 2.12. The molecule has 1 aromatic heterocycles. The fraction of sp³-hybridized carbons (Fsp3) is 0.192. The van der Waals surface area contributed by atoms with Crippen molar-refractivity contribution in [1.29, 1.82) is 0 Å². The average Bonchev–Trinajstić information content (AvgIpc) is 3.26. The molecule has 0 spiro atoms. The van der Waals surface area contributed by atoms with Gasteiger partial charge >= 0.3 is 0 Å². The Morgan fingerprint density at radius 1 is 1.03 bits per heavy atom. The molecular weight excluding hydrogens is 448 g/mol. The van der Waals surface area contributed by atoms with Crippen molar-refractivity contribution >= 4 is 18.1 Å². The standard InChI is InChI=1S/C26H26N4O3S/c1-32-22-13-11-20(12-14-22)25-28-29-26(34)30(25)16-15-24(31)27-17-21-9-5-6-10-23(21)33-18-19-7-3-2-4-8-19/h2-14H,15-18H2,1H3,(H,27,31)(H,29,34). The molecule has 174 valence electrons. The molecule has 0 aliphatic carbocycles. The van der Waals surface area contributed by atoms with E-state index in [1.54, 1.807) is 7.11 Å². The molecule has 0 aliphatic heterocycles. The number of rotatable bonds is 10.